The van der Waals surface area contributed by atoms with Crippen LogP contribution >= 0.6 is 55.1 Å². The number of anilines is 2. The molecule has 5 rings (SSSR count). The fourth-order valence-electron chi connectivity index (χ4n) is 5.03. The molecule has 1 aliphatic heterocycles. The zero-order chi connectivity index (χ0) is 35.6. The van der Waals surface area contributed by atoms with E-state index >= 15 is 0 Å². The average molecular weight is 853 g/mol. The van der Waals surface area contributed by atoms with Crippen molar-refractivity contribution in [2.24, 2.45) is 0 Å². The summed E-state index contributed by atoms with van der Waals surface area (Å²) in [5.74, 6) is 0.456. The summed E-state index contributed by atoms with van der Waals surface area (Å²) in [6, 6.07) is 12.6. The summed E-state index contributed by atoms with van der Waals surface area (Å²) in [5.41, 5.74) is 2.33. The van der Waals surface area contributed by atoms with E-state index in [0.717, 1.165) is 0 Å². The third kappa shape index (κ3) is 7.17. The lowest BCUT2D eigenvalue weighted by atomic mass is 10.0. The smallest absolute Gasteiger partial charge is 0.248 e. The van der Waals surface area contributed by atoms with E-state index in [0.29, 0.717) is 54.2 Å². The van der Waals surface area contributed by atoms with Gasteiger partial charge in [0, 0.05) is 32.2 Å². The highest BCUT2D eigenvalue weighted by Crippen LogP contribution is 2.49. The standard InChI is InChI=1S/C34H26Br2Cl2N2O8S/c1-45-25-9-5-17(31(37)33(25)47-3)7-11-29(41)39-23-15-27-19(13-21(23)35)20-14-22(36)24(16-28(20)49(27,43)44)40-30(42)12-8-18-6-10-26(46-2)34(48-4)32(18)38/h5-16H,1-4H3,(H,39,41)(H,40,42). The number of amides is 2. The first-order chi connectivity index (χ1) is 23.3. The molecule has 4 aromatic rings. The number of methoxy groups -OCH3 is 4. The predicted molar refractivity (Wildman–Crippen MR) is 197 cm³/mol. The number of nitrogens with one attached hydrogen (secondary N) is 2. The molecule has 0 aliphatic carbocycles. The van der Waals surface area contributed by atoms with Crippen molar-refractivity contribution in [3.05, 3.63) is 90.8 Å². The molecule has 0 spiro atoms. The van der Waals surface area contributed by atoms with E-state index < -0.39 is 21.7 Å². The number of rotatable bonds is 10. The fourth-order valence-corrected chi connectivity index (χ4v) is 8.21. The van der Waals surface area contributed by atoms with Crippen LogP contribution < -0.4 is 29.6 Å². The Balaban J connectivity index is 1.37. The lowest BCUT2D eigenvalue weighted by molar-refractivity contribution is -0.112. The zero-order valence-corrected chi connectivity index (χ0v) is 31.6. The summed E-state index contributed by atoms with van der Waals surface area (Å²) in [6.45, 7) is 0. The van der Waals surface area contributed by atoms with Gasteiger partial charge < -0.3 is 29.6 Å². The van der Waals surface area contributed by atoms with Gasteiger partial charge in [-0.15, -0.1) is 0 Å². The van der Waals surface area contributed by atoms with Gasteiger partial charge in [0.25, 0.3) is 0 Å². The third-order valence-corrected chi connectivity index (χ3v) is 11.3. The number of sulfone groups is 1. The van der Waals surface area contributed by atoms with Crippen LogP contribution in [0.3, 0.4) is 0 Å². The second-order valence-corrected chi connectivity index (χ2v) is 14.6. The second-order valence-electron chi connectivity index (χ2n) is 10.2. The Labute approximate surface area is 309 Å². The number of fused-ring (bicyclic) bond motifs is 3. The first-order valence-corrected chi connectivity index (χ1v) is 17.9. The van der Waals surface area contributed by atoms with Crippen molar-refractivity contribution in [1.82, 2.24) is 0 Å². The summed E-state index contributed by atoms with van der Waals surface area (Å²) in [5, 5.41) is 5.93. The van der Waals surface area contributed by atoms with Crippen LogP contribution in [0.4, 0.5) is 11.4 Å². The predicted octanol–water partition coefficient (Wildman–Crippen LogP) is 8.67. The molecule has 0 saturated heterocycles. The van der Waals surface area contributed by atoms with Gasteiger partial charge in [-0.05, 0) is 104 Å². The lowest BCUT2D eigenvalue weighted by Gasteiger charge is -2.11. The van der Waals surface area contributed by atoms with Crippen LogP contribution in [0.1, 0.15) is 11.1 Å². The maximum atomic E-state index is 13.7. The van der Waals surface area contributed by atoms with Crippen molar-refractivity contribution in [2.45, 2.75) is 9.79 Å². The minimum atomic E-state index is -4.03. The molecular formula is C34H26Br2Cl2N2O8S. The van der Waals surface area contributed by atoms with E-state index in [2.05, 4.69) is 42.5 Å². The molecule has 1 aliphatic rings. The monoisotopic (exact) mass is 850 g/mol. The minimum absolute atomic E-state index is 0.00807. The molecule has 0 unspecified atom stereocenters. The van der Waals surface area contributed by atoms with Crippen LogP contribution in [0.2, 0.25) is 10.0 Å². The number of carbonyl (C=O) groups excluding carboxylic acids is 2. The van der Waals surface area contributed by atoms with Gasteiger partial charge in [-0.3, -0.25) is 9.59 Å². The largest absolute Gasteiger partial charge is 0.493 e. The summed E-state index contributed by atoms with van der Waals surface area (Å²) < 4.78 is 49.5. The van der Waals surface area contributed by atoms with Crippen molar-refractivity contribution in [3.63, 3.8) is 0 Å². The number of hydrogen-bond acceptors (Lipinski definition) is 8. The molecule has 10 nitrogen and oxygen atoms in total. The first-order valence-electron chi connectivity index (χ1n) is 14.1. The third-order valence-electron chi connectivity index (χ3n) is 7.38. The van der Waals surface area contributed by atoms with Gasteiger partial charge in [-0.2, -0.15) is 0 Å². The Morgan fingerprint density at radius 1 is 0.653 bits per heavy atom. The van der Waals surface area contributed by atoms with Crippen molar-refractivity contribution in [1.29, 1.82) is 0 Å². The topological polar surface area (TPSA) is 129 Å². The van der Waals surface area contributed by atoms with Gasteiger partial charge in [-0.25, -0.2) is 8.42 Å². The summed E-state index contributed by atoms with van der Waals surface area (Å²) in [6.07, 6.45) is 5.52. The molecule has 254 valence electrons. The first kappa shape index (κ1) is 36.3. The van der Waals surface area contributed by atoms with Crippen LogP contribution in [0.5, 0.6) is 23.0 Å². The maximum Gasteiger partial charge on any atom is 0.248 e. The van der Waals surface area contributed by atoms with E-state index in [9.17, 15) is 18.0 Å². The van der Waals surface area contributed by atoms with Gasteiger partial charge >= 0.3 is 0 Å². The molecule has 0 aromatic heterocycles. The highest BCUT2D eigenvalue weighted by molar-refractivity contribution is 9.11. The number of carbonyl (C=O) groups is 2. The van der Waals surface area contributed by atoms with Crippen LogP contribution in [0.25, 0.3) is 23.3 Å². The molecular weight excluding hydrogens is 827 g/mol. The molecule has 4 aromatic carbocycles. The fraction of sp³-hybridized carbons (Fsp3) is 0.118. The molecule has 0 saturated carbocycles. The molecule has 2 N–H and O–H groups in total. The Kier molecular flexibility index (Phi) is 11.0. The summed E-state index contributed by atoms with van der Waals surface area (Å²) in [7, 11) is 1.84. The Hall–Kier alpha value is -4.01. The minimum Gasteiger partial charge on any atom is -0.493 e. The van der Waals surface area contributed by atoms with Crippen molar-refractivity contribution >= 4 is 100 Å². The van der Waals surface area contributed by atoms with Gasteiger partial charge in [0.2, 0.25) is 21.7 Å². The molecule has 49 heavy (non-hydrogen) atoms. The van der Waals surface area contributed by atoms with Crippen molar-refractivity contribution < 1.29 is 37.0 Å². The van der Waals surface area contributed by atoms with Gasteiger partial charge in [-0.1, -0.05) is 23.2 Å². The Bertz CT molecular complexity index is 2040. The Morgan fingerprint density at radius 2 is 1.04 bits per heavy atom. The maximum absolute atomic E-state index is 13.7. The van der Waals surface area contributed by atoms with E-state index in [-0.39, 0.29) is 31.2 Å². The lowest BCUT2D eigenvalue weighted by Crippen LogP contribution is -2.09. The highest BCUT2D eigenvalue weighted by Gasteiger charge is 2.35. The second kappa shape index (κ2) is 14.9. The van der Waals surface area contributed by atoms with Crippen LogP contribution in [0, 0.1) is 0 Å². The molecule has 15 heteroatoms. The number of benzene rings is 4. The van der Waals surface area contributed by atoms with Crippen molar-refractivity contribution in [2.75, 3.05) is 39.1 Å². The highest BCUT2D eigenvalue weighted by atomic mass is 79.9. The number of hydrogen-bond donors (Lipinski definition) is 2. The summed E-state index contributed by atoms with van der Waals surface area (Å²) in [4.78, 5) is 25.8. The van der Waals surface area contributed by atoms with E-state index in [1.807, 2.05) is 0 Å². The number of ether oxygens (including phenoxy) is 4. The molecule has 0 atom stereocenters. The number of halogens is 4. The van der Waals surface area contributed by atoms with Gasteiger partial charge in [0.05, 0.1) is 59.7 Å². The van der Waals surface area contributed by atoms with Crippen LogP contribution in [-0.2, 0) is 19.4 Å². The quantitative estimate of drug-likeness (QED) is 0.134. The molecule has 0 fully saturated rings. The average Bonchev–Trinajstić information content (AvgIpc) is 3.27. The van der Waals surface area contributed by atoms with Gasteiger partial charge in [0.1, 0.15) is 0 Å². The van der Waals surface area contributed by atoms with Crippen molar-refractivity contribution in [3.8, 4) is 34.1 Å². The molecule has 2 amide bonds. The van der Waals surface area contributed by atoms with E-state index in [1.54, 1.807) is 36.4 Å². The van der Waals surface area contributed by atoms with Gasteiger partial charge in [0.15, 0.2) is 23.0 Å². The van der Waals surface area contributed by atoms with E-state index in [1.165, 1.54) is 64.9 Å². The summed E-state index contributed by atoms with van der Waals surface area (Å²) >= 11 is 19.7. The molecule has 0 radical (unpaired) electrons. The SMILES string of the molecule is COc1ccc(C=CC(=O)Nc2cc3c(cc2Br)-c2cc(Br)c(NC(=O)C=Cc4ccc(OC)c(OC)c4Cl)cc2S3(=O)=O)c(Cl)c1OC. The zero-order valence-electron chi connectivity index (χ0n) is 26.1. The molecule has 1 heterocycles. The van der Waals surface area contributed by atoms with E-state index in [4.69, 9.17) is 42.1 Å². The molecule has 0 bridgehead atoms. The van der Waals surface area contributed by atoms with Crippen LogP contribution in [-0.4, -0.2) is 48.7 Å². The van der Waals surface area contributed by atoms with Crippen LogP contribution in [0.15, 0.2) is 79.4 Å². The Morgan fingerprint density at radius 3 is 1.39 bits per heavy atom. The normalized spacial score (nSPS) is 12.8.